The predicted octanol–water partition coefficient (Wildman–Crippen LogP) is 4.28. The molecule has 0 amide bonds. The van der Waals surface area contributed by atoms with Crippen molar-refractivity contribution < 1.29 is 9.13 Å². The first-order valence-corrected chi connectivity index (χ1v) is 7.26. The Labute approximate surface area is 126 Å². The van der Waals surface area contributed by atoms with Gasteiger partial charge in [0, 0.05) is 22.8 Å². The molecule has 2 rings (SSSR count). The first-order chi connectivity index (χ1) is 9.70. The minimum Gasteiger partial charge on any atom is -0.455 e. The van der Waals surface area contributed by atoms with Gasteiger partial charge in [-0.3, -0.25) is 4.98 Å². The molecular formula is C15H16BrFN2O. The van der Waals surface area contributed by atoms with Crippen LogP contribution < -0.4 is 10.1 Å². The van der Waals surface area contributed by atoms with Crippen molar-refractivity contribution in [2.75, 3.05) is 6.54 Å². The zero-order valence-electron chi connectivity index (χ0n) is 11.2. The summed E-state index contributed by atoms with van der Waals surface area (Å²) in [5, 5.41) is 3.18. The number of aromatic nitrogens is 1. The molecule has 3 nitrogen and oxygen atoms in total. The third-order valence-corrected chi connectivity index (χ3v) is 3.15. The second-order valence-corrected chi connectivity index (χ2v) is 5.25. The van der Waals surface area contributed by atoms with E-state index in [-0.39, 0.29) is 5.82 Å². The molecule has 1 aromatic carbocycles. The van der Waals surface area contributed by atoms with E-state index in [1.807, 2.05) is 0 Å². The van der Waals surface area contributed by atoms with Crippen LogP contribution in [0.1, 0.15) is 18.9 Å². The number of halogens is 2. The Morgan fingerprint density at radius 3 is 2.95 bits per heavy atom. The number of pyridine rings is 1. The van der Waals surface area contributed by atoms with Crippen molar-refractivity contribution in [2.45, 2.75) is 19.9 Å². The highest BCUT2D eigenvalue weighted by Crippen LogP contribution is 2.28. The summed E-state index contributed by atoms with van der Waals surface area (Å²) >= 11 is 3.33. The Hall–Kier alpha value is -1.46. The van der Waals surface area contributed by atoms with Gasteiger partial charge in [-0.1, -0.05) is 13.0 Å². The van der Waals surface area contributed by atoms with Crippen LogP contribution >= 0.6 is 15.9 Å². The Balaban J connectivity index is 2.20. The minimum atomic E-state index is -0.269. The molecule has 0 saturated carbocycles. The molecular weight excluding hydrogens is 323 g/mol. The van der Waals surface area contributed by atoms with E-state index in [2.05, 4.69) is 33.2 Å². The molecule has 5 heteroatoms. The van der Waals surface area contributed by atoms with Gasteiger partial charge >= 0.3 is 0 Å². The van der Waals surface area contributed by atoms with E-state index in [1.54, 1.807) is 30.6 Å². The van der Waals surface area contributed by atoms with Crippen LogP contribution in [0, 0.1) is 5.82 Å². The van der Waals surface area contributed by atoms with Gasteiger partial charge in [0.05, 0.1) is 6.20 Å². The third-order valence-electron chi connectivity index (χ3n) is 2.71. The van der Waals surface area contributed by atoms with Crippen molar-refractivity contribution in [2.24, 2.45) is 0 Å². The van der Waals surface area contributed by atoms with Crippen LogP contribution in [0.5, 0.6) is 11.5 Å². The van der Waals surface area contributed by atoms with E-state index < -0.39 is 0 Å². The summed E-state index contributed by atoms with van der Waals surface area (Å²) in [6, 6.07) is 6.63. The van der Waals surface area contributed by atoms with Gasteiger partial charge in [-0.25, -0.2) is 4.39 Å². The lowest BCUT2D eigenvalue weighted by molar-refractivity contribution is 0.459. The zero-order valence-corrected chi connectivity index (χ0v) is 12.8. The SMILES string of the molecule is CCCNCc1c(F)cccc1Oc1cncc(Br)c1. The summed E-state index contributed by atoms with van der Waals surface area (Å²) in [5.41, 5.74) is 0.529. The average Bonchev–Trinajstić information content (AvgIpc) is 2.42. The van der Waals surface area contributed by atoms with E-state index in [0.29, 0.717) is 23.6 Å². The molecule has 0 aliphatic rings. The molecule has 1 aromatic heterocycles. The van der Waals surface area contributed by atoms with Gasteiger partial charge in [0.15, 0.2) is 0 Å². The van der Waals surface area contributed by atoms with Crippen molar-refractivity contribution in [1.82, 2.24) is 10.3 Å². The topological polar surface area (TPSA) is 34.1 Å². The maximum Gasteiger partial charge on any atom is 0.146 e. The molecule has 0 fully saturated rings. The van der Waals surface area contributed by atoms with Gasteiger partial charge in [-0.05, 0) is 47.1 Å². The van der Waals surface area contributed by atoms with Gasteiger partial charge < -0.3 is 10.1 Å². The summed E-state index contributed by atoms with van der Waals surface area (Å²) < 4.78 is 20.5. The van der Waals surface area contributed by atoms with Gasteiger partial charge in [0.1, 0.15) is 17.3 Å². The van der Waals surface area contributed by atoms with Gasteiger partial charge in [0.2, 0.25) is 0 Å². The van der Waals surface area contributed by atoms with Crippen molar-refractivity contribution in [3.8, 4) is 11.5 Å². The van der Waals surface area contributed by atoms with Gasteiger partial charge in [-0.15, -0.1) is 0 Å². The largest absolute Gasteiger partial charge is 0.455 e. The fourth-order valence-electron chi connectivity index (χ4n) is 1.77. The lowest BCUT2D eigenvalue weighted by Crippen LogP contribution is -2.15. The molecule has 0 unspecified atom stereocenters. The number of nitrogens with zero attached hydrogens (tertiary/aromatic N) is 1. The average molecular weight is 339 g/mol. The highest BCUT2D eigenvalue weighted by Gasteiger charge is 2.10. The molecule has 0 spiro atoms. The van der Waals surface area contributed by atoms with Crippen LogP contribution in [0.4, 0.5) is 4.39 Å². The molecule has 0 bridgehead atoms. The number of nitrogens with one attached hydrogen (secondary N) is 1. The van der Waals surface area contributed by atoms with Crippen molar-refractivity contribution in [3.63, 3.8) is 0 Å². The molecule has 1 N–H and O–H groups in total. The van der Waals surface area contributed by atoms with Gasteiger partial charge in [-0.2, -0.15) is 0 Å². The fourth-order valence-corrected chi connectivity index (χ4v) is 2.12. The molecule has 0 saturated heterocycles. The van der Waals surface area contributed by atoms with Crippen LogP contribution in [-0.4, -0.2) is 11.5 Å². The first kappa shape index (κ1) is 14.9. The summed E-state index contributed by atoms with van der Waals surface area (Å²) in [6.07, 6.45) is 4.27. The van der Waals surface area contributed by atoms with E-state index in [4.69, 9.17) is 4.74 Å². The fraction of sp³-hybridized carbons (Fsp3) is 0.267. The van der Waals surface area contributed by atoms with E-state index >= 15 is 0 Å². The molecule has 0 atom stereocenters. The Morgan fingerprint density at radius 1 is 1.35 bits per heavy atom. The van der Waals surface area contributed by atoms with Crippen LogP contribution in [0.25, 0.3) is 0 Å². The van der Waals surface area contributed by atoms with Crippen molar-refractivity contribution in [3.05, 3.63) is 52.5 Å². The summed E-state index contributed by atoms with van der Waals surface area (Å²) in [7, 11) is 0. The number of benzene rings is 1. The predicted molar refractivity (Wildman–Crippen MR) is 80.4 cm³/mol. The van der Waals surface area contributed by atoms with Gasteiger partial charge in [0.25, 0.3) is 0 Å². The Morgan fingerprint density at radius 2 is 2.20 bits per heavy atom. The maximum absolute atomic E-state index is 13.9. The first-order valence-electron chi connectivity index (χ1n) is 6.47. The smallest absolute Gasteiger partial charge is 0.146 e. The lowest BCUT2D eigenvalue weighted by Gasteiger charge is -2.12. The molecule has 20 heavy (non-hydrogen) atoms. The summed E-state index contributed by atoms with van der Waals surface area (Å²) in [5.74, 6) is 0.810. The second-order valence-electron chi connectivity index (χ2n) is 4.33. The van der Waals surface area contributed by atoms with Crippen LogP contribution in [0.15, 0.2) is 41.1 Å². The Kier molecular flexibility index (Phi) is 5.49. The normalized spacial score (nSPS) is 10.6. The van der Waals surface area contributed by atoms with Crippen LogP contribution in [0.3, 0.4) is 0 Å². The summed E-state index contributed by atoms with van der Waals surface area (Å²) in [4.78, 5) is 4.03. The second kappa shape index (κ2) is 7.36. The standard InChI is InChI=1S/C15H16BrFN2O/c1-2-6-18-10-13-14(17)4-3-5-15(13)20-12-7-11(16)8-19-9-12/h3-5,7-9,18H,2,6,10H2,1H3. The highest BCUT2D eigenvalue weighted by atomic mass is 79.9. The molecule has 1 heterocycles. The number of hydrogen-bond acceptors (Lipinski definition) is 3. The molecule has 2 aromatic rings. The van der Waals surface area contributed by atoms with E-state index in [1.165, 1.54) is 6.07 Å². The monoisotopic (exact) mass is 338 g/mol. The number of ether oxygens (including phenoxy) is 1. The van der Waals surface area contributed by atoms with Crippen molar-refractivity contribution in [1.29, 1.82) is 0 Å². The third kappa shape index (κ3) is 4.02. The molecule has 0 radical (unpaired) electrons. The molecule has 0 aliphatic carbocycles. The van der Waals surface area contributed by atoms with Crippen LogP contribution in [0.2, 0.25) is 0 Å². The number of rotatable bonds is 6. The van der Waals surface area contributed by atoms with Crippen molar-refractivity contribution >= 4 is 15.9 Å². The minimum absolute atomic E-state index is 0.269. The highest BCUT2D eigenvalue weighted by molar-refractivity contribution is 9.10. The number of hydrogen-bond donors (Lipinski definition) is 1. The maximum atomic E-state index is 13.9. The summed E-state index contributed by atoms with van der Waals surface area (Å²) in [6.45, 7) is 3.35. The molecule has 0 aliphatic heterocycles. The van der Waals surface area contributed by atoms with Crippen LogP contribution in [-0.2, 0) is 6.54 Å². The molecule has 106 valence electrons. The zero-order chi connectivity index (χ0) is 14.4. The lowest BCUT2D eigenvalue weighted by atomic mass is 10.2. The van der Waals surface area contributed by atoms with E-state index in [9.17, 15) is 4.39 Å². The van der Waals surface area contributed by atoms with E-state index in [0.717, 1.165) is 17.4 Å². The Bertz CT molecular complexity index is 578. The quantitative estimate of drug-likeness (QED) is 0.798.